The third-order valence-electron chi connectivity index (χ3n) is 4.30. The highest BCUT2D eigenvalue weighted by Crippen LogP contribution is 2.45. The summed E-state index contributed by atoms with van der Waals surface area (Å²) in [6, 6.07) is 0. The first-order valence-electron chi connectivity index (χ1n) is 6.81. The molecule has 104 valence electrons. The summed E-state index contributed by atoms with van der Waals surface area (Å²) < 4.78 is 31.2. The number of aliphatic hydroxyl groups is 1. The van der Waals surface area contributed by atoms with E-state index < -0.39 is 15.6 Å². The van der Waals surface area contributed by atoms with Crippen LogP contribution in [0, 0.1) is 5.92 Å². The molecule has 0 aromatic heterocycles. The zero-order chi connectivity index (χ0) is 12.8. The molecule has 3 aliphatic rings. The van der Waals surface area contributed by atoms with Crippen molar-refractivity contribution in [2.45, 2.75) is 43.8 Å². The Morgan fingerprint density at radius 2 is 1.94 bits per heavy atom. The first-order valence-corrected chi connectivity index (χ1v) is 8.42. The molecule has 0 aromatic carbocycles. The Morgan fingerprint density at radius 1 is 1.22 bits per heavy atom. The van der Waals surface area contributed by atoms with Gasteiger partial charge in [-0.2, -0.15) is 4.31 Å². The molecule has 5 nitrogen and oxygen atoms in total. The van der Waals surface area contributed by atoms with Crippen LogP contribution in [0.3, 0.4) is 0 Å². The Balaban J connectivity index is 1.55. The Morgan fingerprint density at radius 3 is 2.50 bits per heavy atom. The molecule has 0 aromatic rings. The Kier molecular flexibility index (Phi) is 3.17. The van der Waals surface area contributed by atoms with Crippen molar-refractivity contribution in [2.75, 3.05) is 25.4 Å². The second-order valence-electron chi connectivity index (χ2n) is 5.91. The standard InChI is InChI=1S/C12H21NO4S/c14-12(10-4-5-10)8-13(9-12)18(15,16)7-11-3-1-2-6-17-11/h10-11,14H,1-9H2. The number of β-amino-alcohol motifs (C(OH)–C–C–N with tert-alkyl or cyclic N) is 1. The lowest BCUT2D eigenvalue weighted by atomic mass is 9.91. The molecule has 2 aliphatic heterocycles. The second-order valence-corrected chi connectivity index (χ2v) is 7.93. The van der Waals surface area contributed by atoms with Crippen molar-refractivity contribution in [3.8, 4) is 0 Å². The number of rotatable bonds is 4. The quantitative estimate of drug-likeness (QED) is 0.803. The summed E-state index contributed by atoms with van der Waals surface area (Å²) in [6.45, 7) is 1.24. The van der Waals surface area contributed by atoms with Crippen LogP contribution in [0.5, 0.6) is 0 Å². The summed E-state index contributed by atoms with van der Waals surface area (Å²) in [5.74, 6) is 0.406. The summed E-state index contributed by atoms with van der Waals surface area (Å²) in [5, 5.41) is 10.2. The molecule has 18 heavy (non-hydrogen) atoms. The lowest BCUT2D eigenvalue weighted by molar-refractivity contribution is -0.0771. The highest BCUT2D eigenvalue weighted by molar-refractivity contribution is 7.89. The van der Waals surface area contributed by atoms with Crippen LogP contribution in [0.15, 0.2) is 0 Å². The van der Waals surface area contributed by atoms with Gasteiger partial charge in [0, 0.05) is 19.7 Å². The molecule has 3 fully saturated rings. The fourth-order valence-corrected chi connectivity index (χ4v) is 4.70. The maximum Gasteiger partial charge on any atom is 0.216 e. The molecule has 1 saturated carbocycles. The van der Waals surface area contributed by atoms with Gasteiger partial charge in [0.25, 0.3) is 0 Å². The highest BCUT2D eigenvalue weighted by Gasteiger charge is 2.55. The average Bonchev–Trinajstić information content (AvgIpc) is 3.09. The van der Waals surface area contributed by atoms with Crippen molar-refractivity contribution >= 4 is 10.0 Å². The van der Waals surface area contributed by atoms with Crippen molar-refractivity contribution in [3.05, 3.63) is 0 Å². The zero-order valence-corrected chi connectivity index (χ0v) is 11.4. The highest BCUT2D eigenvalue weighted by atomic mass is 32.2. The molecule has 2 heterocycles. The van der Waals surface area contributed by atoms with E-state index in [-0.39, 0.29) is 24.9 Å². The second kappa shape index (κ2) is 4.44. The van der Waals surface area contributed by atoms with Crippen LogP contribution in [0.2, 0.25) is 0 Å². The van der Waals surface area contributed by atoms with Gasteiger partial charge in [0.15, 0.2) is 0 Å². The molecule has 1 atom stereocenters. The van der Waals surface area contributed by atoms with E-state index in [2.05, 4.69) is 0 Å². The smallest absolute Gasteiger partial charge is 0.216 e. The van der Waals surface area contributed by atoms with E-state index >= 15 is 0 Å². The normalized spacial score (nSPS) is 33.1. The summed E-state index contributed by atoms with van der Waals surface area (Å²) >= 11 is 0. The van der Waals surface area contributed by atoms with E-state index in [0.717, 1.165) is 32.1 Å². The topological polar surface area (TPSA) is 66.8 Å². The van der Waals surface area contributed by atoms with Crippen LogP contribution in [0.1, 0.15) is 32.1 Å². The van der Waals surface area contributed by atoms with Gasteiger partial charge in [-0.1, -0.05) is 0 Å². The molecule has 1 unspecified atom stereocenters. The van der Waals surface area contributed by atoms with E-state index in [1.165, 1.54) is 4.31 Å². The van der Waals surface area contributed by atoms with Crippen molar-refractivity contribution in [1.82, 2.24) is 4.31 Å². The van der Waals surface area contributed by atoms with Crippen LogP contribution in [-0.4, -0.2) is 55.0 Å². The Labute approximate surface area is 108 Å². The van der Waals surface area contributed by atoms with Gasteiger partial charge in [0.05, 0.1) is 17.5 Å². The number of hydrogen-bond acceptors (Lipinski definition) is 4. The molecule has 2 saturated heterocycles. The third-order valence-corrected chi connectivity index (χ3v) is 6.14. The lowest BCUT2D eigenvalue weighted by Crippen LogP contribution is -2.65. The van der Waals surface area contributed by atoms with Gasteiger partial charge < -0.3 is 9.84 Å². The lowest BCUT2D eigenvalue weighted by Gasteiger charge is -2.46. The van der Waals surface area contributed by atoms with Gasteiger partial charge in [-0.25, -0.2) is 8.42 Å². The van der Waals surface area contributed by atoms with Gasteiger partial charge in [0.1, 0.15) is 0 Å². The number of ether oxygens (including phenoxy) is 1. The Bertz CT molecular complexity index is 406. The van der Waals surface area contributed by atoms with Gasteiger partial charge in [-0.3, -0.25) is 0 Å². The summed E-state index contributed by atoms with van der Waals surface area (Å²) in [5.41, 5.74) is -0.736. The molecule has 6 heteroatoms. The van der Waals surface area contributed by atoms with Crippen molar-refractivity contribution < 1.29 is 18.3 Å². The predicted octanol–water partition coefficient (Wildman–Crippen LogP) is 0.342. The predicted molar refractivity (Wildman–Crippen MR) is 66.6 cm³/mol. The van der Waals surface area contributed by atoms with Crippen LogP contribution in [0.4, 0.5) is 0 Å². The molecule has 0 radical (unpaired) electrons. The molecular weight excluding hydrogens is 254 g/mol. The number of sulfonamides is 1. The first-order chi connectivity index (χ1) is 8.50. The van der Waals surface area contributed by atoms with Gasteiger partial charge in [0.2, 0.25) is 10.0 Å². The number of nitrogens with zero attached hydrogens (tertiary/aromatic N) is 1. The van der Waals surface area contributed by atoms with Crippen LogP contribution < -0.4 is 0 Å². The number of hydrogen-bond donors (Lipinski definition) is 1. The van der Waals surface area contributed by atoms with Crippen LogP contribution in [-0.2, 0) is 14.8 Å². The summed E-state index contributed by atoms with van der Waals surface area (Å²) in [6.07, 6.45) is 4.83. The minimum absolute atomic E-state index is 0.0771. The molecule has 0 bridgehead atoms. The van der Waals surface area contributed by atoms with Crippen LogP contribution >= 0.6 is 0 Å². The molecule has 0 spiro atoms. The average molecular weight is 275 g/mol. The monoisotopic (exact) mass is 275 g/mol. The molecule has 1 aliphatic carbocycles. The molecule has 3 rings (SSSR count). The minimum atomic E-state index is -3.25. The van der Waals surface area contributed by atoms with E-state index in [4.69, 9.17) is 4.74 Å². The van der Waals surface area contributed by atoms with E-state index in [9.17, 15) is 13.5 Å². The largest absolute Gasteiger partial charge is 0.387 e. The van der Waals surface area contributed by atoms with Gasteiger partial charge in [-0.05, 0) is 38.0 Å². The van der Waals surface area contributed by atoms with E-state index in [1.54, 1.807) is 0 Å². The summed E-state index contributed by atoms with van der Waals surface area (Å²) in [7, 11) is -3.25. The fourth-order valence-electron chi connectivity index (χ4n) is 2.92. The maximum absolute atomic E-state index is 12.1. The van der Waals surface area contributed by atoms with E-state index in [1.807, 2.05) is 0 Å². The van der Waals surface area contributed by atoms with Crippen molar-refractivity contribution in [3.63, 3.8) is 0 Å². The molecule has 1 N–H and O–H groups in total. The first kappa shape index (κ1) is 12.8. The summed E-state index contributed by atoms with van der Waals surface area (Å²) in [4.78, 5) is 0. The van der Waals surface area contributed by atoms with Gasteiger partial charge >= 0.3 is 0 Å². The van der Waals surface area contributed by atoms with Gasteiger partial charge in [-0.15, -0.1) is 0 Å². The van der Waals surface area contributed by atoms with Crippen LogP contribution in [0.25, 0.3) is 0 Å². The SMILES string of the molecule is O=S(=O)(CC1CCCCO1)N1CC(O)(C2CC2)C1. The third kappa shape index (κ3) is 2.43. The fraction of sp³-hybridized carbons (Fsp3) is 1.00. The maximum atomic E-state index is 12.1. The van der Waals surface area contributed by atoms with Crippen molar-refractivity contribution in [2.24, 2.45) is 5.92 Å². The Hall–Kier alpha value is -0.170. The molecule has 0 amide bonds. The minimum Gasteiger partial charge on any atom is -0.387 e. The zero-order valence-electron chi connectivity index (χ0n) is 10.5. The van der Waals surface area contributed by atoms with E-state index in [0.29, 0.717) is 12.5 Å². The molecular formula is C12H21NO4S. The van der Waals surface area contributed by atoms with Crippen molar-refractivity contribution in [1.29, 1.82) is 0 Å².